The molecular weight excluding hydrogens is 276 g/mol. The minimum absolute atomic E-state index is 0.168. The van der Waals surface area contributed by atoms with E-state index in [1.165, 1.54) is 5.56 Å². The molecule has 0 aliphatic rings. The van der Waals surface area contributed by atoms with Crippen LogP contribution in [-0.2, 0) is 5.41 Å². The van der Waals surface area contributed by atoms with Crippen LogP contribution < -0.4 is 5.32 Å². The third-order valence-electron chi connectivity index (χ3n) is 2.70. The van der Waals surface area contributed by atoms with Gasteiger partial charge in [0.25, 0.3) is 0 Å². The first-order valence-electron chi connectivity index (χ1n) is 6.16. The van der Waals surface area contributed by atoms with Gasteiger partial charge in [0.15, 0.2) is 0 Å². The van der Waals surface area contributed by atoms with Crippen molar-refractivity contribution < 1.29 is 0 Å². The number of hydrogen-bond acceptors (Lipinski definition) is 2. The lowest BCUT2D eigenvalue weighted by Gasteiger charge is -2.20. The Balaban J connectivity index is 2.63. The first-order chi connectivity index (χ1) is 7.79. The van der Waals surface area contributed by atoms with Crippen molar-refractivity contribution in [2.75, 3.05) is 5.32 Å². The zero-order valence-corrected chi connectivity index (χ0v) is 13.0. The second kappa shape index (κ2) is 5.85. The highest BCUT2D eigenvalue weighted by molar-refractivity contribution is 9.09. The number of hydrogen-bond donors (Lipinski definition) is 1. The monoisotopic (exact) mass is 298 g/mol. The Labute approximate surface area is 113 Å². The van der Waals surface area contributed by atoms with E-state index in [0.29, 0.717) is 10.9 Å². The second-order valence-electron chi connectivity index (χ2n) is 5.74. The van der Waals surface area contributed by atoms with Crippen LogP contribution in [0.3, 0.4) is 0 Å². The number of halogens is 1. The summed E-state index contributed by atoms with van der Waals surface area (Å²) in [5.41, 5.74) is 1.44. The maximum atomic E-state index is 4.47. The molecule has 0 saturated heterocycles. The number of anilines is 1. The van der Waals surface area contributed by atoms with Crippen molar-refractivity contribution in [2.24, 2.45) is 0 Å². The fourth-order valence-corrected chi connectivity index (χ4v) is 2.28. The summed E-state index contributed by atoms with van der Waals surface area (Å²) in [6.07, 6.45) is 3.05. The standard InChI is InChI=1S/C14H23BrN2/c1-10(15)8-11(2)17-13-7-6-12(9-16-13)14(3,4)5/h6-7,9-11H,8H2,1-5H3,(H,16,17). The molecule has 2 unspecified atom stereocenters. The number of aromatic nitrogens is 1. The predicted octanol–water partition coefficient (Wildman–Crippen LogP) is 4.35. The van der Waals surface area contributed by atoms with Crippen molar-refractivity contribution >= 4 is 21.7 Å². The number of nitrogens with one attached hydrogen (secondary N) is 1. The Hall–Kier alpha value is -0.570. The number of nitrogens with zero attached hydrogens (tertiary/aromatic N) is 1. The van der Waals surface area contributed by atoms with E-state index in [2.05, 4.69) is 73.0 Å². The normalized spacial score (nSPS) is 15.4. The molecule has 0 aromatic carbocycles. The van der Waals surface area contributed by atoms with Gasteiger partial charge in [0.2, 0.25) is 0 Å². The van der Waals surface area contributed by atoms with Crippen LogP contribution in [0, 0.1) is 0 Å². The molecule has 0 aliphatic heterocycles. The van der Waals surface area contributed by atoms with Crippen molar-refractivity contribution in [3.8, 4) is 0 Å². The summed E-state index contributed by atoms with van der Waals surface area (Å²) < 4.78 is 0. The van der Waals surface area contributed by atoms with Gasteiger partial charge >= 0.3 is 0 Å². The predicted molar refractivity (Wildman–Crippen MR) is 79.0 cm³/mol. The second-order valence-corrected chi connectivity index (χ2v) is 7.31. The molecule has 1 rings (SSSR count). The summed E-state index contributed by atoms with van der Waals surface area (Å²) in [6.45, 7) is 10.9. The molecule has 3 heteroatoms. The highest BCUT2D eigenvalue weighted by Gasteiger charge is 2.14. The largest absolute Gasteiger partial charge is 0.368 e. The third kappa shape index (κ3) is 5.07. The molecule has 96 valence electrons. The summed E-state index contributed by atoms with van der Waals surface area (Å²) >= 11 is 3.57. The number of rotatable bonds is 4. The van der Waals surface area contributed by atoms with Gasteiger partial charge in [-0.1, -0.05) is 49.7 Å². The van der Waals surface area contributed by atoms with Gasteiger partial charge in [-0.25, -0.2) is 4.98 Å². The number of pyridine rings is 1. The molecule has 0 spiro atoms. The molecule has 0 bridgehead atoms. The van der Waals surface area contributed by atoms with Gasteiger partial charge in [-0.2, -0.15) is 0 Å². The van der Waals surface area contributed by atoms with Crippen LogP contribution >= 0.6 is 15.9 Å². The van der Waals surface area contributed by atoms with E-state index >= 15 is 0 Å². The molecule has 1 aromatic heterocycles. The topological polar surface area (TPSA) is 24.9 Å². The van der Waals surface area contributed by atoms with E-state index in [0.717, 1.165) is 12.2 Å². The van der Waals surface area contributed by atoms with E-state index in [9.17, 15) is 0 Å². The minimum atomic E-state index is 0.168. The van der Waals surface area contributed by atoms with Crippen LogP contribution in [0.15, 0.2) is 18.3 Å². The zero-order chi connectivity index (χ0) is 13.1. The van der Waals surface area contributed by atoms with Crippen LogP contribution in [0.2, 0.25) is 0 Å². The van der Waals surface area contributed by atoms with Gasteiger partial charge in [0.05, 0.1) is 0 Å². The van der Waals surface area contributed by atoms with Gasteiger partial charge < -0.3 is 5.32 Å². The molecule has 0 fully saturated rings. The molecule has 0 saturated carbocycles. The van der Waals surface area contributed by atoms with Gasteiger partial charge in [0.1, 0.15) is 5.82 Å². The van der Waals surface area contributed by atoms with E-state index in [4.69, 9.17) is 0 Å². The first kappa shape index (κ1) is 14.5. The van der Waals surface area contributed by atoms with Gasteiger partial charge in [-0.3, -0.25) is 0 Å². The highest BCUT2D eigenvalue weighted by atomic mass is 79.9. The van der Waals surface area contributed by atoms with Crippen LogP contribution in [0.25, 0.3) is 0 Å². The molecule has 2 nitrogen and oxygen atoms in total. The number of alkyl halides is 1. The molecule has 17 heavy (non-hydrogen) atoms. The van der Waals surface area contributed by atoms with Gasteiger partial charge in [0, 0.05) is 17.1 Å². The summed E-state index contributed by atoms with van der Waals surface area (Å²) in [6, 6.07) is 4.65. The van der Waals surface area contributed by atoms with Gasteiger partial charge in [-0.05, 0) is 30.4 Å². The lowest BCUT2D eigenvalue weighted by atomic mass is 9.88. The summed E-state index contributed by atoms with van der Waals surface area (Å²) in [5, 5.41) is 3.41. The Morgan fingerprint density at radius 3 is 2.35 bits per heavy atom. The molecule has 2 atom stereocenters. The zero-order valence-electron chi connectivity index (χ0n) is 11.4. The summed E-state index contributed by atoms with van der Waals surface area (Å²) in [7, 11) is 0. The quantitative estimate of drug-likeness (QED) is 0.836. The van der Waals surface area contributed by atoms with Gasteiger partial charge in [-0.15, -0.1) is 0 Å². The van der Waals surface area contributed by atoms with Crippen LogP contribution in [-0.4, -0.2) is 15.9 Å². The fraction of sp³-hybridized carbons (Fsp3) is 0.643. The molecule has 1 aromatic rings. The fourth-order valence-electron chi connectivity index (χ4n) is 1.72. The summed E-state index contributed by atoms with van der Waals surface area (Å²) in [4.78, 5) is 4.99. The lowest BCUT2D eigenvalue weighted by molar-refractivity contribution is 0.587. The van der Waals surface area contributed by atoms with E-state index in [-0.39, 0.29) is 5.41 Å². The van der Waals surface area contributed by atoms with E-state index in [1.807, 2.05) is 6.20 Å². The van der Waals surface area contributed by atoms with Crippen molar-refractivity contribution in [1.82, 2.24) is 4.98 Å². The van der Waals surface area contributed by atoms with Crippen LogP contribution in [0.5, 0.6) is 0 Å². The van der Waals surface area contributed by atoms with Crippen LogP contribution in [0.1, 0.15) is 46.6 Å². The smallest absolute Gasteiger partial charge is 0.126 e. The SMILES string of the molecule is CC(Br)CC(C)Nc1ccc(C(C)(C)C)cn1. The first-order valence-corrected chi connectivity index (χ1v) is 7.07. The molecule has 0 aliphatic carbocycles. The van der Waals surface area contributed by atoms with Crippen molar-refractivity contribution in [3.05, 3.63) is 23.9 Å². The van der Waals surface area contributed by atoms with E-state index in [1.54, 1.807) is 0 Å². The maximum Gasteiger partial charge on any atom is 0.126 e. The Bertz CT molecular complexity index is 338. The lowest BCUT2D eigenvalue weighted by Crippen LogP contribution is -2.19. The molecular formula is C14H23BrN2. The van der Waals surface area contributed by atoms with E-state index < -0.39 is 0 Å². The third-order valence-corrected chi connectivity index (χ3v) is 3.08. The maximum absolute atomic E-state index is 4.47. The Morgan fingerprint density at radius 1 is 1.29 bits per heavy atom. The Kier molecular flexibility index (Phi) is 4.99. The summed E-state index contributed by atoms with van der Waals surface area (Å²) in [5.74, 6) is 0.957. The minimum Gasteiger partial charge on any atom is -0.368 e. The van der Waals surface area contributed by atoms with Crippen molar-refractivity contribution in [3.63, 3.8) is 0 Å². The Morgan fingerprint density at radius 2 is 1.94 bits per heavy atom. The molecule has 1 N–H and O–H groups in total. The van der Waals surface area contributed by atoms with Crippen molar-refractivity contribution in [1.29, 1.82) is 0 Å². The van der Waals surface area contributed by atoms with Crippen LogP contribution in [0.4, 0.5) is 5.82 Å². The molecule has 1 heterocycles. The molecule has 0 radical (unpaired) electrons. The average molecular weight is 299 g/mol. The molecule has 0 amide bonds. The van der Waals surface area contributed by atoms with Crippen molar-refractivity contribution in [2.45, 2.75) is 57.3 Å². The highest BCUT2D eigenvalue weighted by Crippen LogP contribution is 2.22. The average Bonchev–Trinajstić information content (AvgIpc) is 2.15.